The van der Waals surface area contributed by atoms with Gasteiger partial charge < -0.3 is 0 Å². The predicted octanol–water partition coefficient (Wildman–Crippen LogP) is 0.511. The van der Waals surface area contributed by atoms with Crippen molar-refractivity contribution in [1.29, 1.82) is 0 Å². The Kier molecular flexibility index (Phi) is 1.23. The maximum atomic E-state index is 10.0. The van der Waals surface area contributed by atoms with Gasteiger partial charge in [-0.3, -0.25) is 9.52 Å². The highest BCUT2D eigenvalue weighted by Crippen LogP contribution is 2.09. The third kappa shape index (κ3) is 0.796. The topological polar surface area (TPSA) is 41.1 Å². The van der Waals surface area contributed by atoms with Gasteiger partial charge in [0, 0.05) is 24.1 Å². The molecule has 1 aliphatic rings. The lowest BCUT2D eigenvalue weighted by molar-refractivity contribution is 0.265. The first kappa shape index (κ1) is 4.29. The second kappa shape index (κ2) is 1.72. The number of rotatable bonds is 0. The van der Waals surface area contributed by atoms with Crippen LogP contribution in [-0.4, -0.2) is 5.24 Å². The zero-order valence-electron chi connectivity index (χ0n) is 2.72. The number of carbonyl (C=O) groups excluding carboxylic acids is 1. The summed E-state index contributed by atoms with van der Waals surface area (Å²) in [5, 5.41) is -0.0278. The monoisotopic (exact) mass is 122 g/mol. The van der Waals surface area contributed by atoms with Crippen LogP contribution < -0.4 is 8.85 Å². The number of hydrogen-bond donors (Lipinski definition) is 2. The van der Waals surface area contributed by atoms with E-state index < -0.39 is 0 Å². The molecule has 6 heavy (non-hydrogen) atoms. The molecule has 0 atom stereocenters. The Morgan fingerprint density at radius 1 is 1.67 bits per heavy atom. The quantitative estimate of drug-likeness (QED) is 0.459. The summed E-state index contributed by atoms with van der Waals surface area (Å²) in [5.41, 5.74) is 0. The van der Waals surface area contributed by atoms with Crippen molar-refractivity contribution in [3.63, 3.8) is 0 Å². The Labute approximate surface area is 43.6 Å². The minimum Gasteiger partial charge on any atom is -0.276 e. The maximum Gasteiger partial charge on any atom is 0.305 e. The van der Waals surface area contributed by atoms with E-state index in [1.807, 2.05) is 0 Å². The first-order valence-electron chi connectivity index (χ1n) is 1.27. The molecule has 0 bridgehead atoms. The van der Waals surface area contributed by atoms with Crippen molar-refractivity contribution in [2.45, 2.75) is 0 Å². The van der Waals surface area contributed by atoms with Gasteiger partial charge in [-0.05, 0) is 0 Å². The standard InChI is InChI=1S/CH2N2OS2/c4-1-2-6-3-5-1/h3H,(H,2,4). The lowest BCUT2D eigenvalue weighted by atomic mass is 11.5. The molecule has 1 fully saturated rings. The molecule has 2 N–H and O–H groups in total. The van der Waals surface area contributed by atoms with Crippen molar-refractivity contribution in [3.05, 3.63) is 0 Å². The van der Waals surface area contributed by atoms with E-state index in [1.165, 1.54) is 12.1 Å². The van der Waals surface area contributed by atoms with Crippen molar-refractivity contribution in [3.8, 4) is 0 Å². The lowest BCUT2D eigenvalue weighted by Gasteiger charge is -1.74. The molecule has 0 saturated carbocycles. The van der Waals surface area contributed by atoms with Crippen molar-refractivity contribution in [2.75, 3.05) is 0 Å². The lowest BCUT2D eigenvalue weighted by Crippen LogP contribution is -1.98. The SMILES string of the molecule is O=C1NSNS1. The fraction of sp³-hybridized carbons (Fsp3) is 0. The van der Waals surface area contributed by atoms with Gasteiger partial charge in [-0.25, -0.2) is 0 Å². The van der Waals surface area contributed by atoms with Crippen LogP contribution in [0.25, 0.3) is 0 Å². The Bertz CT molecular complexity index is 65.9. The zero-order valence-corrected chi connectivity index (χ0v) is 4.36. The molecule has 1 saturated heterocycles. The zero-order chi connectivity index (χ0) is 4.41. The Morgan fingerprint density at radius 2 is 2.50 bits per heavy atom. The molecule has 1 heterocycles. The third-order valence-corrected chi connectivity index (χ3v) is 1.68. The van der Waals surface area contributed by atoms with Crippen LogP contribution in [0.5, 0.6) is 0 Å². The van der Waals surface area contributed by atoms with Crippen molar-refractivity contribution < 1.29 is 4.79 Å². The minimum absolute atomic E-state index is 0.0278. The summed E-state index contributed by atoms with van der Waals surface area (Å²) in [5.74, 6) is 0. The van der Waals surface area contributed by atoms with Gasteiger partial charge in [0.05, 0.1) is 0 Å². The average Bonchev–Trinajstić information content (AvgIpc) is 1.86. The molecule has 1 rings (SSSR count). The van der Waals surface area contributed by atoms with E-state index in [4.69, 9.17) is 0 Å². The highest BCUT2D eigenvalue weighted by atomic mass is 32.2. The van der Waals surface area contributed by atoms with E-state index >= 15 is 0 Å². The summed E-state index contributed by atoms with van der Waals surface area (Å²) in [6, 6.07) is 0. The van der Waals surface area contributed by atoms with Gasteiger partial charge in [0.15, 0.2) is 0 Å². The van der Waals surface area contributed by atoms with Crippen LogP contribution in [0.15, 0.2) is 0 Å². The van der Waals surface area contributed by atoms with Gasteiger partial charge in [-0.1, -0.05) is 0 Å². The van der Waals surface area contributed by atoms with E-state index in [0.29, 0.717) is 0 Å². The molecule has 1 amide bonds. The normalized spacial score (nSPS) is 21.0. The Morgan fingerprint density at radius 3 is 2.67 bits per heavy atom. The van der Waals surface area contributed by atoms with Gasteiger partial charge in [0.25, 0.3) is 0 Å². The van der Waals surface area contributed by atoms with E-state index in [2.05, 4.69) is 8.85 Å². The smallest absolute Gasteiger partial charge is 0.276 e. The van der Waals surface area contributed by atoms with Crippen LogP contribution in [0.2, 0.25) is 0 Å². The molecule has 0 aliphatic carbocycles. The van der Waals surface area contributed by atoms with Crippen LogP contribution in [0.4, 0.5) is 4.79 Å². The summed E-state index contributed by atoms with van der Waals surface area (Å²) < 4.78 is 5.09. The van der Waals surface area contributed by atoms with Gasteiger partial charge >= 0.3 is 5.24 Å². The molecule has 0 aromatic heterocycles. The van der Waals surface area contributed by atoms with Crippen LogP contribution >= 0.6 is 24.1 Å². The van der Waals surface area contributed by atoms with E-state index in [1.54, 1.807) is 0 Å². The largest absolute Gasteiger partial charge is 0.305 e. The minimum atomic E-state index is -0.0278. The molecular formula is CH2N2OS2. The van der Waals surface area contributed by atoms with Crippen molar-refractivity contribution in [1.82, 2.24) is 8.85 Å². The summed E-state index contributed by atoms with van der Waals surface area (Å²) >= 11 is 2.26. The Hall–Kier alpha value is 0.130. The molecule has 0 aromatic carbocycles. The first-order chi connectivity index (χ1) is 2.89. The molecule has 0 unspecified atom stereocenters. The van der Waals surface area contributed by atoms with E-state index in [9.17, 15) is 4.79 Å². The molecule has 1 aliphatic heterocycles. The highest BCUT2D eigenvalue weighted by Gasteiger charge is 2.07. The molecule has 34 valence electrons. The predicted molar refractivity (Wildman–Crippen MR) is 26.8 cm³/mol. The number of amides is 1. The van der Waals surface area contributed by atoms with E-state index in [-0.39, 0.29) is 5.24 Å². The molecule has 0 radical (unpaired) electrons. The number of carbonyl (C=O) groups is 1. The summed E-state index contributed by atoms with van der Waals surface area (Å²) in [6.07, 6.45) is 0. The maximum absolute atomic E-state index is 10.0. The van der Waals surface area contributed by atoms with E-state index in [0.717, 1.165) is 11.9 Å². The Balaban J connectivity index is 2.37. The summed E-state index contributed by atoms with van der Waals surface area (Å²) in [4.78, 5) is 10.0. The summed E-state index contributed by atoms with van der Waals surface area (Å²) in [6.45, 7) is 0. The second-order valence-corrected chi connectivity index (χ2v) is 2.33. The first-order valence-corrected chi connectivity index (χ1v) is 2.90. The molecular weight excluding hydrogens is 120 g/mol. The van der Waals surface area contributed by atoms with Gasteiger partial charge in [0.2, 0.25) is 0 Å². The van der Waals surface area contributed by atoms with Gasteiger partial charge in [-0.2, -0.15) is 4.13 Å². The van der Waals surface area contributed by atoms with Crippen LogP contribution in [0.3, 0.4) is 0 Å². The molecule has 0 spiro atoms. The van der Waals surface area contributed by atoms with Crippen LogP contribution in [0, 0.1) is 0 Å². The van der Waals surface area contributed by atoms with Crippen LogP contribution in [-0.2, 0) is 0 Å². The fourth-order valence-corrected chi connectivity index (χ4v) is 1.15. The van der Waals surface area contributed by atoms with Crippen LogP contribution in [0.1, 0.15) is 0 Å². The third-order valence-electron chi connectivity index (χ3n) is 0.310. The average molecular weight is 122 g/mol. The van der Waals surface area contributed by atoms with Gasteiger partial charge in [0.1, 0.15) is 0 Å². The molecule has 5 heteroatoms. The second-order valence-electron chi connectivity index (χ2n) is 0.677. The van der Waals surface area contributed by atoms with Gasteiger partial charge in [-0.15, -0.1) is 0 Å². The summed E-state index contributed by atoms with van der Waals surface area (Å²) in [7, 11) is 0. The molecule has 0 aromatic rings. The van der Waals surface area contributed by atoms with Crippen molar-refractivity contribution in [2.24, 2.45) is 0 Å². The number of nitrogens with one attached hydrogen (secondary N) is 2. The molecule has 3 nitrogen and oxygen atoms in total. The van der Waals surface area contributed by atoms with Crippen molar-refractivity contribution >= 4 is 29.3 Å². The number of hydrogen-bond acceptors (Lipinski definition) is 4. The fourth-order valence-electron chi connectivity index (χ4n) is 0.142. The highest BCUT2D eigenvalue weighted by molar-refractivity contribution is 8.24.